The zero-order valence-electron chi connectivity index (χ0n) is 19.3. The number of nitriles is 1. The number of morpholine rings is 1. The van der Waals surface area contributed by atoms with Crippen LogP contribution in [0.2, 0.25) is 0 Å². The van der Waals surface area contributed by atoms with E-state index in [0.717, 1.165) is 12.8 Å². The molecule has 7 heteroatoms. The van der Waals surface area contributed by atoms with Crippen molar-refractivity contribution >= 4 is 17.5 Å². The van der Waals surface area contributed by atoms with Gasteiger partial charge in [0.1, 0.15) is 12.7 Å². The van der Waals surface area contributed by atoms with Crippen molar-refractivity contribution in [1.82, 2.24) is 4.90 Å². The highest BCUT2D eigenvalue weighted by molar-refractivity contribution is 6.04. The first-order valence-electron chi connectivity index (χ1n) is 11.6. The van der Waals surface area contributed by atoms with Crippen molar-refractivity contribution in [3.63, 3.8) is 0 Å². The molecule has 1 saturated heterocycles. The number of nitrogens with one attached hydrogen (secondary N) is 1. The van der Waals surface area contributed by atoms with E-state index >= 15 is 0 Å². The Morgan fingerprint density at radius 3 is 2.49 bits per heavy atom. The van der Waals surface area contributed by atoms with Crippen LogP contribution < -0.4 is 5.32 Å². The van der Waals surface area contributed by atoms with Gasteiger partial charge in [0.15, 0.2) is 0 Å². The third kappa shape index (κ3) is 6.12. The maximum atomic E-state index is 12.6. The average molecular weight is 470 g/mol. The summed E-state index contributed by atoms with van der Waals surface area (Å²) in [6.45, 7) is 0.821. The summed E-state index contributed by atoms with van der Waals surface area (Å²) in [5.41, 5.74) is 3.35. The van der Waals surface area contributed by atoms with Crippen molar-refractivity contribution in [3.05, 3.63) is 101 Å². The number of nitrogens with zero attached hydrogens (tertiary/aromatic N) is 2. The van der Waals surface area contributed by atoms with Gasteiger partial charge in [0.05, 0.1) is 24.3 Å². The third-order valence-electron chi connectivity index (χ3n) is 6.09. The van der Waals surface area contributed by atoms with Gasteiger partial charge in [0.2, 0.25) is 5.91 Å². The van der Waals surface area contributed by atoms with Gasteiger partial charge in [-0.25, -0.2) is 0 Å². The first-order valence-corrected chi connectivity index (χ1v) is 11.6. The molecule has 35 heavy (non-hydrogen) atoms. The van der Waals surface area contributed by atoms with Gasteiger partial charge in [-0.3, -0.25) is 9.59 Å². The molecule has 3 aromatic carbocycles. The molecule has 1 heterocycles. The highest BCUT2D eigenvalue weighted by Crippen LogP contribution is 2.26. The molecule has 0 aromatic heterocycles. The smallest absolute Gasteiger partial charge is 0.255 e. The molecular formula is C28H27N3O4. The van der Waals surface area contributed by atoms with Gasteiger partial charge in [-0.05, 0) is 60.4 Å². The molecular weight excluding hydrogens is 442 g/mol. The van der Waals surface area contributed by atoms with Gasteiger partial charge in [-0.1, -0.05) is 42.5 Å². The molecule has 3 aromatic rings. The molecule has 1 aliphatic rings. The number of rotatable bonds is 8. The van der Waals surface area contributed by atoms with E-state index in [2.05, 4.69) is 17.4 Å². The molecule has 7 nitrogen and oxygen atoms in total. The Bertz CT molecular complexity index is 1190. The molecule has 2 amide bonds. The lowest BCUT2D eigenvalue weighted by molar-refractivity contribution is -0.154. The van der Waals surface area contributed by atoms with Crippen LogP contribution in [-0.4, -0.2) is 47.6 Å². The second-order valence-electron chi connectivity index (χ2n) is 8.47. The summed E-state index contributed by atoms with van der Waals surface area (Å²) in [5, 5.41) is 22.8. The normalized spacial score (nSPS) is 16.4. The number of hydrogen-bond donors (Lipinski definition) is 2. The van der Waals surface area contributed by atoms with E-state index in [1.807, 2.05) is 24.3 Å². The predicted octanol–water partition coefficient (Wildman–Crippen LogP) is 3.70. The number of carbonyl (C=O) groups excluding carboxylic acids is 2. The van der Waals surface area contributed by atoms with Crippen LogP contribution in [0.25, 0.3) is 0 Å². The number of amides is 2. The third-order valence-corrected chi connectivity index (χ3v) is 6.09. The Morgan fingerprint density at radius 2 is 1.80 bits per heavy atom. The first kappa shape index (κ1) is 24.1. The summed E-state index contributed by atoms with van der Waals surface area (Å²) in [6.07, 6.45) is 0.723. The number of ether oxygens (including phenoxy) is 1. The fourth-order valence-corrected chi connectivity index (χ4v) is 4.16. The lowest BCUT2D eigenvalue weighted by atomic mass is 9.99. The van der Waals surface area contributed by atoms with Crippen LogP contribution in [0.15, 0.2) is 78.9 Å². The van der Waals surface area contributed by atoms with Crippen molar-refractivity contribution in [2.24, 2.45) is 0 Å². The Hall–Kier alpha value is -3.99. The number of anilines is 1. The summed E-state index contributed by atoms with van der Waals surface area (Å²) >= 11 is 0. The molecule has 0 bridgehead atoms. The van der Waals surface area contributed by atoms with E-state index in [-0.39, 0.29) is 25.0 Å². The zero-order valence-corrected chi connectivity index (χ0v) is 19.3. The van der Waals surface area contributed by atoms with Gasteiger partial charge in [0.25, 0.3) is 5.91 Å². The van der Waals surface area contributed by atoms with E-state index in [1.54, 1.807) is 53.4 Å². The molecule has 2 atom stereocenters. The number of hydrogen-bond acceptors (Lipinski definition) is 5. The van der Waals surface area contributed by atoms with Crippen molar-refractivity contribution in [2.75, 3.05) is 25.1 Å². The van der Waals surface area contributed by atoms with Gasteiger partial charge in [-0.15, -0.1) is 0 Å². The van der Waals surface area contributed by atoms with Crippen LogP contribution >= 0.6 is 0 Å². The molecule has 0 spiro atoms. The van der Waals surface area contributed by atoms with Crippen LogP contribution in [0.3, 0.4) is 0 Å². The Kier molecular flexibility index (Phi) is 7.88. The van der Waals surface area contributed by atoms with Crippen molar-refractivity contribution in [3.8, 4) is 6.07 Å². The van der Waals surface area contributed by atoms with Crippen LogP contribution in [-0.2, 0) is 16.0 Å². The largest absolute Gasteiger partial charge is 0.386 e. The van der Waals surface area contributed by atoms with E-state index in [1.165, 1.54) is 5.56 Å². The SMILES string of the molecule is N#Cc1ccc(C(=O)Nc2ccc(C(O)C3COCC(=O)N3CCCc3ccccc3)cc2)cc1. The lowest BCUT2D eigenvalue weighted by Crippen LogP contribution is -2.52. The van der Waals surface area contributed by atoms with Gasteiger partial charge < -0.3 is 20.1 Å². The maximum absolute atomic E-state index is 12.6. The predicted molar refractivity (Wildman–Crippen MR) is 132 cm³/mol. The summed E-state index contributed by atoms with van der Waals surface area (Å²) < 4.78 is 5.45. The zero-order chi connectivity index (χ0) is 24.6. The summed E-state index contributed by atoms with van der Waals surface area (Å²) in [5.74, 6) is -0.418. The van der Waals surface area contributed by atoms with Crippen LogP contribution in [0.4, 0.5) is 5.69 Å². The number of aliphatic hydroxyl groups is 1. The molecule has 0 saturated carbocycles. The maximum Gasteiger partial charge on any atom is 0.255 e. The van der Waals surface area contributed by atoms with Crippen molar-refractivity contribution in [1.29, 1.82) is 5.26 Å². The summed E-state index contributed by atoms with van der Waals surface area (Å²) in [4.78, 5) is 26.7. The van der Waals surface area contributed by atoms with E-state index in [9.17, 15) is 14.7 Å². The highest BCUT2D eigenvalue weighted by Gasteiger charge is 2.34. The van der Waals surface area contributed by atoms with E-state index in [4.69, 9.17) is 10.00 Å². The number of aryl methyl sites for hydroxylation is 1. The monoisotopic (exact) mass is 469 g/mol. The van der Waals surface area contributed by atoms with Crippen molar-refractivity contribution < 1.29 is 19.4 Å². The van der Waals surface area contributed by atoms with Crippen LogP contribution in [0.5, 0.6) is 0 Å². The van der Waals surface area contributed by atoms with Crippen LogP contribution in [0, 0.1) is 11.3 Å². The number of benzene rings is 3. The summed E-state index contributed by atoms with van der Waals surface area (Å²) in [6, 6.07) is 24.9. The molecule has 1 fully saturated rings. The second-order valence-corrected chi connectivity index (χ2v) is 8.47. The molecule has 0 aliphatic carbocycles. The topological polar surface area (TPSA) is 103 Å². The fourth-order valence-electron chi connectivity index (χ4n) is 4.16. The molecule has 1 aliphatic heterocycles. The quantitative estimate of drug-likeness (QED) is 0.524. The minimum Gasteiger partial charge on any atom is -0.386 e. The lowest BCUT2D eigenvalue weighted by Gasteiger charge is -2.38. The minimum absolute atomic E-state index is 0.0227. The highest BCUT2D eigenvalue weighted by atomic mass is 16.5. The minimum atomic E-state index is -0.917. The Morgan fingerprint density at radius 1 is 1.09 bits per heavy atom. The fraction of sp³-hybridized carbons (Fsp3) is 0.250. The van der Waals surface area contributed by atoms with Gasteiger partial charge in [0, 0.05) is 17.8 Å². The molecule has 178 valence electrons. The Labute approximate surface area is 204 Å². The average Bonchev–Trinajstić information content (AvgIpc) is 2.90. The van der Waals surface area contributed by atoms with Crippen LogP contribution in [0.1, 0.15) is 39.6 Å². The van der Waals surface area contributed by atoms with Crippen molar-refractivity contribution in [2.45, 2.75) is 25.0 Å². The van der Waals surface area contributed by atoms with Gasteiger partial charge in [-0.2, -0.15) is 5.26 Å². The standard InChI is InChI=1S/C28H27N3O4/c29-17-21-8-10-23(11-9-21)28(34)30-24-14-12-22(13-15-24)27(33)25-18-35-19-26(32)31(25)16-4-7-20-5-2-1-3-6-20/h1-3,5-6,8-15,25,27,33H,4,7,16,18-19H2,(H,30,34). The molecule has 2 N–H and O–H groups in total. The van der Waals surface area contributed by atoms with Gasteiger partial charge >= 0.3 is 0 Å². The van der Waals surface area contributed by atoms with E-state index < -0.39 is 12.1 Å². The summed E-state index contributed by atoms with van der Waals surface area (Å²) in [7, 11) is 0. The number of aliphatic hydroxyl groups excluding tert-OH is 1. The molecule has 0 radical (unpaired) electrons. The van der Waals surface area contributed by atoms with E-state index in [0.29, 0.717) is 28.9 Å². The molecule has 2 unspecified atom stereocenters. The molecule has 4 rings (SSSR count). The Balaban J connectivity index is 1.38. The number of carbonyl (C=O) groups is 2. The first-order chi connectivity index (χ1) is 17.0. The second kappa shape index (κ2) is 11.4.